The molecule has 2 heterocycles. The summed E-state index contributed by atoms with van der Waals surface area (Å²) in [7, 11) is 0. The lowest BCUT2D eigenvalue weighted by atomic mass is 9.98. The minimum absolute atomic E-state index is 0.0475. The molecule has 8 nitrogen and oxygen atoms in total. The first-order valence-corrected chi connectivity index (χ1v) is 11.7. The molecule has 1 amide bonds. The van der Waals surface area contributed by atoms with Crippen LogP contribution in [0.5, 0.6) is 0 Å². The van der Waals surface area contributed by atoms with Gasteiger partial charge in [0.15, 0.2) is 5.58 Å². The van der Waals surface area contributed by atoms with Gasteiger partial charge in [-0.25, -0.2) is 4.98 Å². The van der Waals surface area contributed by atoms with Crippen LogP contribution >= 0.6 is 0 Å². The Hall–Kier alpha value is -4.20. The monoisotopic (exact) mass is 470 g/mol. The molecule has 1 fully saturated rings. The van der Waals surface area contributed by atoms with E-state index in [9.17, 15) is 14.9 Å². The first-order valence-electron chi connectivity index (χ1n) is 11.7. The van der Waals surface area contributed by atoms with Crippen molar-refractivity contribution in [2.75, 3.05) is 23.3 Å². The Morgan fingerprint density at radius 2 is 1.83 bits per heavy atom. The van der Waals surface area contributed by atoms with Crippen LogP contribution in [0.4, 0.5) is 17.1 Å². The van der Waals surface area contributed by atoms with Crippen LogP contribution in [0, 0.1) is 23.0 Å². The Bertz CT molecular complexity index is 1400. The highest BCUT2D eigenvalue weighted by Crippen LogP contribution is 2.33. The molecule has 3 aromatic carbocycles. The summed E-state index contributed by atoms with van der Waals surface area (Å²) in [5.74, 6) is 0.715. The van der Waals surface area contributed by atoms with E-state index in [0.717, 1.165) is 42.6 Å². The molecular formula is C27H26N4O4. The van der Waals surface area contributed by atoms with Gasteiger partial charge in [0, 0.05) is 36.0 Å². The molecule has 0 saturated carbocycles. The molecule has 1 saturated heterocycles. The van der Waals surface area contributed by atoms with Crippen LogP contribution < -0.4 is 10.2 Å². The second kappa shape index (κ2) is 9.21. The van der Waals surface area contributed by atoms with Gasteiger partial charge in [0.25, 0.3) is 11.6 Å². The predicted octanol–water partition coefficient (Wildman–Crippen LogP) is 6.20. The van der Waals surface area contributed by atoms with Crippen LogP contribution in [0.3, 0.4) is 0 Å². The normalized spacial score (nSPS) is 14.3. The number of hydrogen-bond donors (Lipinski definition) is 1. The molecule has 0 spiro atoms. The van der Waals surface area contributed by atoms with Gasteiger partial charge in [0.05, 0.1) is 4.92 Å². The van der Waals surface area contributed by atoms with Gasteiger partial charge in [-0.3, -0.25) is 14.9 Å². The SMILES string of the molecule is Cc1ccc2oc(-c3ccc(NC(=O)c4ccc(N5CCC(C)CC5)c([N+](=O)[O-])c4)cc3)nc2c1. The minimum atomic E-state index is -0.416. The number of hydrogen-bond acceptors (Lipinski definition) is 6. The van der Waals surface area contributed by atoms with Gasteiger partial charge in [-0.15, -0.1) is 0 Å². The van der Waals surface area contributed by atoms with Gasteiger partial charge in [-0.1, -0.05) is 13.0 Å². The van der Waals surface area contributed by atoms with E-state index >= 15 is 0 Å². The second-order valence-electron chi connectivity index (χ2n) is 9.15. The summed E-state index contributed by atoms with van der Waals surface area (Å²) >= 11 is 0. The molecule has 4 aromatic rings. The molecule has 0 bridgehead atoms. The highest BCUT2D eigenvalue weighted by molar-refractivity contribution is 6.05. The average Bonchev–Trinajstić information content (AvgIpc) is 3.28. The number of aromatic nitrogens is 1. The van der Waals surface area contributed by atoms with E-state index in [1.165, 1.54) is 6.07 Å². The number of fused-ring (bicyclic) bond motifs is 1. The zero-order valence-corrected chi connectivity index (χ0v) is 19.7. The number of piperidine rings is 1. The van der Waals surface area contributed by atoms with Crippen LogP contribution in [0.25, 0.3) is 22.6 Å². The largest absolute Gasteiger partial charge is 0.436 e. The maximum Gasteiger partial charge on any atom is 0.293 e. The Kier molecular flexibility index (Phi) is 5.94. The van der Waals surface area contributed by atoms with Crippen LogP contribution in [0.15, 0.2) is 65.1 Å². The van der Waals surface area contributed by atoms with Crippen LogP contribution in [0.1, 0.15) is 35.7 Å². The molecule has 8 heteroatoms. The van der Waals surface area contributed by atoms with E-state index < -0.39 is 10.8 Å². The molecule has 178 valence electrons. The zero-order valence-electron chi connectivity index (χ0n) is 19.7. The molecule has 1 aliphatic heterocycles. The van der Waals surface area contributed by atoms with E-state index in [0.29, 0.717) is 28.8 Å². The Morgan fingerprint density at radius 1 is 1.09 bits per heavy atom. The Labute approximate surface area is 202 Å². The molecule has 0 atom stereocenters. The number of anilines is 2. The highest BCUT2D eigenvalue weighted by Gasteiger charge is 2.25. The first kappa shape index (κ1) is 22.6. The number of oxazole rings is 1. The predicted molar refractivity (Wildman–Crippen MR) is 136 cm³/mol. The molecule has 5 rings (SSSR count). The summed E-state index contributed by atoms with van der Waals surface area (Å²) in [6.07, 6.45) is 2.00. The number of aryl methyl sites for hydroxylation is 1. The summed E-state index contributed by atoms with van der Waals surface area (Å²) < 4.78 is 5.84. The number of nitro benzene ring substituents is 1. The maximum atomic E-state index is 12.8. The van der Waals surface area contributed by atoms with Crippen molar-refractivity contribution in [3.63, 3.8) is 0 Å². The van der Waals surface area contributed by atoms with Crippen LogP contribution in [-0.2, 0) is 0 Å². The quantitative estimate of drug-likeness (QED) is 0.275. The molecule has 1 N–H and O–H groups in total. The van der Waals surface area contributed by atoms with Gasteiger partial charge in [-0.2, -0.15) is 0 Å². The number of nitrogens with one attached hydrogen (secondary N) is 1. The summed E-state index contributed by atoms with van der Waals surface area (Å²) in [5, 5.41) is 14.6. The molecule has 0 aliphatic carbocycles. The lowest BCUT2D eigenvalue weighted by Gasteiger charge is -2.31. The van der Waals surface area contributed by atoms with Crippen molar-refractivity contribution in [3.05, 3.63) is 81.9 Å². The standard InChI is InChI=1S/C27H26N4O4/c1-17-11-13-30(14-12-17)23-9-6-20(16-24(23)31(33)34)26(32)28-21-7-4-19(5-8-21)27-29-22-15-18(2)3-10-25(22)35-27/h3-10,15-17H,11-14H2,1-2H3,(H,28,32). The van der Waals surface area contributed by atoms with E-state index in [-0.39, 0.29) is 11.3 Å². The number of nitro groups is 1. The van der Waals surface area contributed by atoms with Crippen molar-refractivity contribution in [2.24, 2.45) is 5.92 Å². The highest BCUT2D eigenvalue weighted by atomic mass is 16.6. The smallest absolute Gasteiger partial charge is 0.293 e. The van der Waals surface area contributed by atoms with Crippen molar-refractivity contribution >= 4 is 34.1 Å². The second-order valence-corrected chi connectivity index (χ2v) is 9.15. The van der Waals surface area contributed by atoms with Gasteiger partial charge >= 0.3 is 0 Å². The summed E-state index contributed by atoms with van der Waals surface area (Å²) in [6.45, 7) is 5.75. The fourth-order valence-corrected chi connectivity index (χ4v) is 4.39. The van der Waals surface area contributed by atoms with Crippen LogP contribution in [-0.4, -0.2) is 28.9 Å². The summed E-state index contributed by atoms with van der Waals surface area (Å²) in [4.78, 5) is 30.8. The van der Waals surface area contributed by atoms with Gasteiger partial charge in [-0.05, 0) is 79.8 Å². The molecular weight excluding hydrogens is 444 g/mol. The fraction of sp³-hybridized carbons (Fsp3) is 0.259. The number of carbonyl (C=O) groups is 1. The van der Waals surface area contributed by atoms with Crippen molar-refractivity contribution in [1.29, 1.82) is 0 Å². The number of benzene rings is 3. The van der Waals surface area contributed by atoms with Crippen LogP contribution in [0.2, 0.25) is 0 Å². The van der Waals surface area contributed by atoms with Crippen molar-refractivity contribution in [2.45, 2.75) is 26.7 Å². The molecule has 1 aliphatic rings. The number of carbonyl (C=O) groups excluding carboxylic acids is 1. The van der Waals surface area contributed by atoms with E-state index in [1.807, 2.05) is 42.2 Å². The van der Waals surface area contributed by atoms with E-state index in [2.05, 4.69) is 17.2 Å². The third-order valence-corrected chi connectivity index (χ3v) is 6.49. The Morgan fingerprint density at radius 3 is 2.54 bits per heavy atom. The maximum absolute atomic E-state index is 12.8. The summed E-state index contributed by atoms with van der Waals surface area (Å²) in [6, 6.07) is 17.7. The third-order valence-electron chi connectivity index (χ3n) is 6.49. The topological polar surface area (TPSA) is 102 Å². The lowest BCUT2D eigenvalue weighted by Crippen LogP contribution is -2.33. The van der Waals surface area contributed by atoms with E-state index in [1.54, 1.807) is 24.3 Å². The minimum Gasteiger partial charge on any atom is -0.436 e. The molecule has 1 aromatic heterocycles. The van der Waals surface area contributed by atoms with Gasteiger partial charge in [0.1, 0.15) is 11.2 Å². The average molecular weight is 471 g/mol. The lowest BCUT2D eigenvalue weighted by molar-refractivity contribution is -0.384. The zero-order chi connectivity index (χ0) is 24.5. The summed E-state index contributed by atoms with van der Waals surface area (Å²) in [5.41, 5.74) is 4.73. The van der Waals surface area contributed by atoms with E-state index in [4.69, 9.17) is 4.42 Å². The van der Waals surface area contributed by atoms with Crippen molar-refractivity contribution in [3.8, 4) is 11.5 Å². The third kappa shape index (κ3) is 4.73. The molecule has 35 heavy (non-hydrogen) atoms. The van der Waals surface area contributed by atoms with Gasteiger partial charge in [0.2, 0.25) is 5.89 Å². The number of amides is 1. The van der Waals surface area contributed by atoms with Crippen molar-refractivity contribution in [1.82, 2.24) is 4.98 Å². The van der Waals surface area contributed by atoms with Crippen molar-refractivity contribution < 1.29 is 14.1 Å². The fourth-order valence-electron chi connectivity index (χ4n) is 4.39. The van der Waals surface area contributed by atoms with Gasteiger partial charge < -0.3 is 14.6 Å². The molecule has 0 radical (unpaired) electrons. The Balaban J connectivity index is 1.32. The number of rotatable bonds is 5. The number of nitrogens with zero attached hydrogens (tertiary/aromatic N) is 3. The first-order chi connectivity index (χ1) is 16.9. The molecule has 0 unspecified atom stereocenters.